The first-order valence-corrected chi connectivity index (χ1v) is 9.81. The van der Waals surface area contributed by atoms with E-state index in [2.05, 4.69) is 26.0 Å². The van der Waals surface area contributed by atoms with E-state index >= 15 is 0 Å². The molecule has 10 nitrogen and oxygen atoms in total. The van der Waals surface area contributed by atoms with Gasteiger partial charge in [0.05, 0.1) is 24.8 Å². The molecule has 0 saturated carbocycles. The van der Waals surface area contributed by atoms with Gasteiger partial charge in [0.25, 0.3) is 0 Å². The fourth-order valence-electron chi connectivity index (χ4n) is 2.57. The van der Waals surface area contributed by atoms with Gasteiger partial charge >= 0.3 is 5.91 Å². The average molecular weight is 424 g/mol. The van der Waals surface area contributed by atoms with Crippen LogP contribution in [0.5, 0.6) is 0 Å². The van der Waals surface area contributed by atoms with Crippen LogP contribution >= 0.6 is 11.8 Å². The van der Waals surface area contributed by atoms with Crippen LogP contribution in [0.3, 0.4) is 0 Å². The van der Waals surface area contributed by atoms with Crippen LogP contribution in [0.1, 0.15) is 16.3 Å². The molecular weight excluding hydrogens is 408 g/mol. The van der Waals surface area contributed by atoms with Gasteiger partial charge in [0.2, 0.25) is 5.91 Å². The molecule has 0 aromatic carbocycles. The molecule has 4 aromatic rings. The molecule has 0 unspecified atom stereocenters. The summed E-state index contributed by atoms with van der Waals surface area (Å²) in [5, 5.41) is 8.98. The van der Waals surface area contributed by atoms with Crippen LogP contribution in [0.15, 0.2) is 75.3 Å². The van der Waals surface area contributed by atoms with E-state index in [0.29, 0.717) is 17.5 Å². The van der Waals surface area contributed by atoms with Gasteiger partial charge in [-0.3, -0.25) is 30.0 Å². The first-order valence-electron chi connectivity index (χ1n) is 8.82. The highest BCUT2D eigenvalue weighted by atomic mass is 32.2. The standard InChI is InChI=1S/C19H16N6O4S/c26-16(21-23-18(27)15-6-3-9-29-15)12-30-19-24-22-17(13-4-1-7-20-10-13)25(19)11-14-5-2-8-28-14/h1-10H,11-12H2,(H,21,26)(H,23,27). The largest absolute Gasteiger partial charge is 0.467 e. The predicted molar refractivity (Wildman–Crippen MR) is 106 cm³/mol. The van der Waals surface area contributed by atoms with Crippen LogP contribution in [0.2, 0.25) is 0 Å². The van der Waals surface area contributed by atoms with E-state index in [9.17, 15) is 9.59 Å². The molecule has 152 valence electrons. The summed E-state index contributed by atoms with van der Waals surface area (Å²) in [7, 11) is 0. The minimum absolute atomic E-state index is 0.0156. The molecule has 0 spiro atoms. The van der Waals surface area contributed by atoms with Gasteiger partial charge in [0.15, 0.2) is 16.7 Å². The zero-order valence-corrected chi connectivity index (χ0v) is 16.3. The Morgan fingerprint density at radius 1 is 1.03 bits per heavy atom. The minimum Gasteiger partial charge on any atom is -0.467 e. The third-order valence-corrected chi connectivity index (χ3v) is 4.89. The molecule has 2 amide bonds. The number of carbonyl (C=O) groups is 2. The van der Waals surface area contributed by atoms with Crippen LogP contribution < -0.4 is 10.9 Å². The normalized spacial score (nSPS) is 10.7. The number of pyridine rings is 1. The first kappa shape index (κ1) is 19.5. The Kier molecular flexibility index (Phi) is 5.90. The molecule has 4 rings (SSSR count). The van der Waals surface area contributed by atoms with E-state index in [1.165, 1.54) is 24.1 Å². The fraction of sp³-hybridized carbons (Fsp3) is 0.105. The fourth-order valence-corrected chi connectivity index (χ4v) is 3.30. The summed E-state index contributed by atoms with van der Waals surface area (Å²) in [6.07, 6.45) is 6.32. The highest BCUT2D eigenvalue weighted by Gasteiger charge is 2.17. The molecule has 0 aliphatic heterocycles. The summed E-state index contributed by atoms with van der Waals surface area (Å²) in [6.45, 7) is 0.392. The molecule has 0 atom stereocenters. The Bertz CT molecular complexity index is 1110. The van der Waals surface area contributed by atoms with Gasteiger partial charge in [-0.05, 0) is 36.4 Å². The van der Waals surface area contributed by atoms with Crippen molar-refractivity contribution in [3.05, 3.63) is 72.8 Å². The number of nitrogens with zero attached hydrogens (tertiary/aromatic N) is 4. The van der Waals surface area contributed by atoms with Gasteiger partial charge < -0.3 is 8.83 Å². The third-order valence-electron chi connectivity index (χ3n) is 3.92. The molecular formula is C19H16N6O4S. The van der Waals surface area contributed by atoms with E-state index in [1.807, 2.05) is 22.8 Å². The Morgan fingerprint density at radius 3 is 2.63 bits per heavy atom. The van der Waals surface area contributed by atoms with Crippen LogP contribution in [0, 0.1) is 0 Å². The third kappa shape index (κ3) is 4.58. The van der Waals surface area contributed by atoms with Crippen molar-refractivity contribution in [1.82, 2.24) is 30.6 Å². The summed E-state index contributed by atoms with van der Waals surface area (Å²) in [5.74, 6) is 0.489. The topological polar surface area (TPSA) is 128 Å². The minimum atomic E-state index is -0.543. The predicted octanol–water partition coefficient (Wildman–Crippen LogP) is 2.13. The summed E-state index contributed by atoms with van der Waals surface area (Å²) >= 11 is 1.18. The molecule has 4 heterocycles. The van der Waals surface area contributed by atoms with E-state index in [1.54, 1.807) is 30.8 Å². The number of nitrogens with one attached hydrogen (secondary N) is 2. The maximum atomic E-state index is 12.1. The second-order valence-electron chi connectivity index (χ2n) is 5.98. The lowest BCUT2D eigenvalue weighted by Gasteiger charge is -2.09. The lowest BCUT2D eigenvalue weighted by atomic mass is 10.2. The van der Waals surface area contributed by atoms with Crippen LogP contribution in [0.4, 0.5) is 0 Å². The van der Waals surface area contributed by atoms with Gasteiger partial charge in [-0.25, -0.2) is 0 Å². The molecule has 0 aliphatic rings. The summed E-state index contributed by atoms with van der Waals surface area (Å²) in [6, 6.07) is 10.4. The van der Waals surface area contributed by atoms with Crippen molar-refractivity contribution < 1.29 is 18.4 Å². The molecule has 4 aromatic heterocycles. The zero-order valence-electron chi connectivity index (χ0n) is 15.5. The molecule has 30 heavy (non-hydrogen) atoms. The van der Waals surface area contributed by atoms with Crippen molar-refractivity contribution in [3.63, 3.8) is 0 Å². The van der Waals surface area contributed by atoms with E-state index in [4.69, 9.17) is 8.83 Å². The average Bonchev–Trinajstić information content (AvgIpc) is 3.54. The monoisotopic (exact) mass is 424 g/mol. The number of amides is 2. The van der Waals surface area contributed by atoms with E-state index in [0.717, 1.165) is 11.3 Å². The van der Waals surface area contributed by atoms with Crippen LogP contribution in [0.25, 0.3) is 11.4 Å². The summed E-state index contributed by atoms with van der Waals surface area (Å²) < 4.78 is 12.2. The number of carbonyl (C=O) groups excluding carboxylic acids is 2. The second-order valence-corrected chi connectivity index (χ2v) is 6.92. The molecule has 0 fully saturated rings. The highest BCUT2D eigenvalue weighted by Crippen LogP contribution is 2.24. The number of hydrogen-bond donors (Lipinski definition) is 2. The molecule has 0 radical (unpaired) electrons. The van der Waals surface area contributed by atoms with E-state index in [-0.39, 0.29) is 11.5 Å². The lowest BCUT2D eigenvalue weighted by molar-refractivity contribution is -0.119. The van der Waals surface area contributed by atoms with Gasteiger partial charge in [-0.2, -0.15) is 0 Å². The van der Waals surface area contributed by atoms with Crippen molar-refractivity contribution in [2.24, 2.45) is 0 Å². The van der Waals surface area contributed by atoms with Crippen molar-refractivity contribution in [2.75, 3.05) is 5.75 Å². The van der Waals surface area contributed by atoms with Crippen molar-refractivity contribution in [2.45, 2.75) is 11.7 Å². The van der Waals surface area contributed by atoms with Crippen molar-refractivity contribution in [1.29, 1.82) is 0 Å². The molecule has 0 aliphatic carbocycles. The Morgan fingerprint density at radius 2 is 1.90 bits per heavy atom. The summed E-state index contributed by atoms with van der Waals surface area (Å²) in [4.78, 5) is 28.1. The van der Waals surface area contributed by atoms with Crippen molar-refractivity contribution in [3.8, 4) is 11.4 Å². The molecule has 2 N–H and O–H groups in total. The van der Waals surface area contributed by atoms with E-state index < -0.39 is 11.8 Å². The number of furan rings is 2. The van der Waals surface area contributed by atoms with Crippen LogP contribution in [-0.2, 0) is 11.3 Å². The summed E-state index contributed by atoms with van der Waals surface area (Å²) in [5.41, 5.74) is 5.42. The number of hydrogen-bond acceptors (Lipinski definition) is 8. The Labute approximate surface area is 174 Å². The second kappa shape index (κ2) is 9.09. The number of rotatable bonds is 7. The van der Waals surface area contributed by atoms with Crippen LogP contribution in [-0.4, -0.2) is 37.3 Å². The van der Waals surface area contributed by atoms with Gasteiger partial charge in [0, 0.05) is 18.0 Å². The molecule has 0 saturated heterocycles. The molecule has 0 bridgehead atoms. The number of hydrazine groups is 1. The highest BCUT2D eigenvalue weighted by molar-refractivity contribution is 7.99. The number of aromatic nitrogens is 4. The van der Waals surface area contributed by atoms with Crippen molar-refractivity contribution >= 4 is 23.6 Å². The Hall–Kier alpha value is -3.86. The Balaban J connectivity index is 1.43. The van der Waals surface area contributed by atoms with Gasteiger partial charge in [-0.15, -0.1) is 10.2 Å². The lowest BCUT2D eigenvalue weighted by Crippen LogP contribution is -2.42. The zero-order chi connectivity index (χ0) is 20.8. The van der Waals surface area contributed by atoms with Gasteiger partial charge in [0.1, 0.15) is 5.76 Å². The molecule has 11 heteroatoms. The maximum Gasteiger partial charge on any atom is 0.305 e. The SMILES string of the molecule is O=C(CSc1nnc(-c2cccnc2)n1Cc1ccco1)NNC(=O)c1ccco1. The quantitative estimate of drug-likeness (QED) is 0.341. The number of thioether (sulfide) groups is 1. The first-order chi connectivity index (χ1) is 14.7. The maximum absolute atomic E-state index is 12.1. The smallest absolute Gasteiger partial charge is 0.305 e. The van der Waals surface area contributed by atoms with Gasteiger partial charge in [-0.1, -0.05) is 11.8 Å².